The predicted octanol–water partition coefficient (Wildman–Crippen LogP) is 1.27. The van der Waals surface area contributed by atoms with Crippen molar-refractivity contribution in [3.05, 3.63) is 0 Å². The topological polar surface area (TPSA) is 52.3 Å². The van der Waals surface area contributed by atoms with Crippen LogP contribution < -0.4 is 5.73 Å². The molecule has 0 aliphatic carbocycles. The van der Waals surface area contributed by atoms with Gasteiger partial charge in [-0.25, -0.2) is 0 Å². The van der Waals surface area contributed by atoms with Crippen LogP contribution in [0, 0.1) is 5.41 Å². The number of methoxy groups -OCH3 is 1. The summed E-state index contributed by atoms with van der Waals surface area (Å²) in [5.41, 5.74) is 4.98. The van der Waals surface area contributed by atoms with Gasteiger partial charge in [-0.1, -0.05) is 0 Å². The second-order valence-electron chi connectivity index (χ2n) is 3.57. The van der Waals surface area contributed by atoms with Crippen molar-refractivity contribution >= 4 is 17.7 Å². The number of ether oxygens (including phenoxy) is 1. The number of thioether (sulfide) groups is 1. The molecule has 0 aromatic carbocycles. The van der Waals surface area contributed by atoms with Gasteiger partial charge in [0.25, 0.3) is 0 Å². The predicted molar refractivity (Wildman–Crippen MR) is 56.8 cm³/mol. The van der Waals surface area contributed by atoms with Crippen molar-refractivity contribution in [2.45, 2.75) is 20.3 Å². The Kier molecular flexibility index (Phi) is 6.16. The van der Waals surface area contributed by atoms with Crippen LogP contribution in [0.3, 0.4) is 0 Å². The molecule has 4 heteroatoms. The molecule has 0 saturated heterocycles. The lowest BCUT2D eigenvalue weighted by Gasteiger charge is -2.20. The van der Waals surface area contributed by atoms with Gasteiger partial charge in [-0.2, -0.15) is 11.8 Å². The maximum Gasteiger partial charge on any atom is 0.312 e. The number of esters is 1. The van der Waals surface area contributed by atoms with Crippen molar-refractivity contribution < 1.29 is 9.53 Å². The molecule has 0 radical (unpaired) electrons. The summed E-state index contributed by atoms with van der Waals surface area (Å²) in [5, 5.41) is 0. The highest BCUT2D eigenvalue weighted by molar-refractivity contribution is 7.99. The summed E-state index contributed by atoms with van der Waals surface area (Å²) in [6, 6.07) is 0. The molecule has 0 aromatic heterocycles. The number of hydrogen-bond donors (Lipinski definition) is 1. The lowest BCUT2D eigenvalue weighted by molar-refractivity contribution is -0.149. The van der Waals surface area contributed by atoms with Crippen LogP contribution in [0.1, 0.15) is 20.3 Å². The third kappa shape index (κ3) is 5.16. The number of rotatable bonds is 6. The van der Waals surface area contributed by atoms with E-state index in [9.17, 15) is 4.79 Å². The van der Waals surface area contributed by atoms with E-state index in [0.717, 1.165) is 17.9 Å². The number of carbonyl (C=O) groups is 1. The summed E-state index contributed by atoms with van der Waals surface area (Å²) in [4.78, 5) is 11.2. The third-order valence-electron chi connectivity index (χ3n) is 1.69. The summed E-state index contributed by atoms with van der Waals surface area (Å²) in [6.07, 6.45) is 1.00. The normalized spacial score (nSPS) is 11.4. The zero-order valence-corrected chi connectivity index (χ0v) is 9.45. The molecule has 0 bridgehead atoms. The molecule has 0 heterocycles. The van der Waals surface area contributed by atoms with E-state index >= 15 is 0 Å². The molecule has 0 aliphatic heterocycles. The molecule has 0 aliphatic rings. The van der Waals surface area contributed by atoms with Gasteiger partial charge in [0.1, 0.15) is 0 Å². The van der Waals surface area contributed by atoms with E-state index in [1.165, 1.54) is 7.11 Å². The van der Waals surface area contributed by atoms with E-state index < -0.39 is 0 Å². The number of nitrogens with two attached hydrogens (primary N) is 1. The molecular formula is C9H19NO2S. The standard InChI is InChI=1S/C9H19NO2S/c1-9(2,8(11)12-3)7-13-6-4-5-10/h4-7,10H2,1-3H3. The molecular weight excluding hydrogens is 186 g/mol. The minimum absolute atomic E-state index is 0.146. The number of hydrogen-bond acceptors (Lipinski definition) is 4. The molecule has 0 fully saturated rings. The first-order chi connectivity index (χ1) is 6.04. The quantitative estimate of drug-likeness (QED) is 0.524. The molecule has 0 atom stereocenters. The fourth-order valence-electron chi connectivity index (χ4n) is 0.848. The highest BCUT2D eigenvalue weighted by Crippen LogP contribution is 2.23. The lowest BCUT2D eigenvalue weighted by Crippen LogP contribution is -2.28. The maximum atomic E-state index is 11.2. The molecule has 3 nitrogen and oxygen atoms in total. The van der Waals surface area contributed by atoms with Gasteiger partial charge in [-0.3, -0.25) is 4.79 Å². The van der Waals surface area contributed by atoms with Crippen LogP contribution in [0.25, 0.3) is 0 Å². The van der Waals surface area contributed by atoms with Crippen molar-refractivity contribution in [3.8, 4) is 0 Å². The van der Waals surface area contributed by atoms with Gasteiger partial charge >= 0.3 is 5.97 Å². The highest BCUT2D eigenvalue weighted by atomic mass is 32.2. The number of carbonyl (C=O) groups excluding carboxylic acids is 1. The summed E-state index contributed by atoms with van der Waals surface area (Å²) in [7, 11) is 1.43. The highest BCUT2D eigenvalue weighted by Gasteiger charge is 2.28. The first kappa shape index (κ1) is 12.8. The summed E-state index contributed by atoms with van der Waals surface area (Å²) in [6.45, 7) is 4.51. The monoisotopic (exact) mass is 205 g/mol. The van der Waals surface area contributed by atoms with E-state index in [2.05, 4.69) is 0 Å². The van der Waals surface area contributed by atoms with E-state index in [1.54, 1.807) is 11.8 Å². The van der Waals surface area contributed by atoms with Crippen LogP contribution in [-0.4, -0.2) is 31.1 Å². The largest absolute Gasteiger partial charge is 0.469 e. The SMILES string of the molecule is COC(=O)C(C)(C)CSCCCN. The molecule has 78 valence electrons. The van der Waals surface area contributed by atoms with Crippen LogP contribution in [0.2, 0.25) is 0 Å². The molecule has 2 N–H and O–H groups in total. The van der Waals surface area contributed by atoms with Crippen molar-refractivity contribution in [3.63, 3.8) is 0 Å². The van der Waals surface area contributed by atoms with Crippen LogP contribution in [0.5, 0.6) is 0 Å². The first-order valence-corrected chi connectivity index (χ1v) is 5.56. The fourth-order valence-corrected chi connectivity index (χ4v) is 1.99. The zero-order chi connectivity index (χ0) is 10.3. The van der Waals surface area contributed by atoms with E-state index in [0.29, 0.717) is 6.54 Å². The molecule has 0 spiro atoms. The Bertz CT molecular complexity index is 160. The van der Waals surface area contributed by atoms with Crippen molar-refractivity contribution in [1.29, 1.82) is 0 Å². The second-order valence-corrected chi connectivity index (χ2v) is 4.68. The average Bonchev–Trinajstić information content (AvgIpc) is 2.11. The van der Waals surface area contributed by atoms with Crippen molar-refractivity contribution in [2.24, 2.45) is 11.1 Å². The van der Waals surface area contributed by atoms with Crippen molar-refractivity contribution in [1.82, 2.24) is 0 Å². The minimum Gasteiger partial charge on any atom is -0.469 e. The van der Waals surface area contributed by atoms with Gasteiger partial charge in [0, 0.05) is 5.75 Å². The Morgan fingerprint density at radius 1 is 1.54 bits per heavy atom. The first-order valence-electron chi connectivity index (χ1n) is 4.41. The summed E-state index contributed by atoms with van der Waals surface area (Å²) >= 11 is 1.75. The van der Waals surface area contributed by atoms with Crippen LogP contribution in [-0.2, 0) is 9.53 Å². The van der Waals surface area contributed by atoms with Gasteiger partial charge in [0.05, 0.1) is 12.5 Å². The Labute approximate surface area is 84.4 Å². The molecule has 0 unspecified atom stereocenters. The summed E-state index contributed by atoms with van der Waals surface area (Å²) < 4.78 is 4.70. The van der Waals surface area contributed by atoms with Crippen LogP contribution >= 0.6 is 11.8 Å². The Hall–Kier alpha value is -0.220. The third-order valence-corrected chi connectivity index (χ3v) is 3.20. The summed E-state index contributed by atoms with van der Waals surface area (Å²) in [5.74, 6) is 1.66. The average molecular weight is 205 g/mol. The lowest BCUT2D eigenvalue weighted by atomic mass is 9.97. The van der Waals surface area contributed by atoms with Crippen LogP contribution in [0.15, 0.2) is 0 Å². The van der Waals surface area contributed by atoms with Crippen LogP contribution in [0.4, 0.5) is 0 Å². The zero-order valence-electron chi connectivity index (χ0n) is 8.63. The Morgan fingerprint density at radius 3 is 2.62 bits per heavy atom. The van der Waals surface area contributed by atoms with Gasteiger partial charge in [-0.15, -0.1) is 0 Å². The second kappa shape index (κ2) is 6.27. The molecule has 0 saturated carbocycles. The molecule has 0 rings (SSSR count). The molecule has 0 amide bonds. The van der Waals surface area contributed by atoms with Gasteiger partial charge in [0.15, 0.2) is 0 Å². The van der Waals surface area contributed by atoms with Crippen molar-refractivity contribution in [2.75, 3.05) is 25.2 Å². The van der Waals surface area contributed by atoms with E-state index in [1.807, 2.05) is 13.8 Å². The Morgan fingerprint density at radius 2 is 2.15 bits per heavy atom. The van der Waals surface area contributed by atoms with E-state index in [4.69, 9.17) is 10.5 Å². The van der Waals surface area contributed by atoms with E-state index in [-0.39, 0.29) is 11.4 Å². The minimum atomic E-state index is -0.381. The maximum absolute atomic E-state index is 11.2. The van der Waals surface area contributed by atoms with Gasteiger partial charge in [0.2, 0.25) is 0 Å². The molecule has 0 aromatic rings. The van der Waals surface area contributed by atoms with Gasteiger partial charge < -0.3 is 10.5 Å². The van der Waals surface area contributed by atoms with Gasteiger partial charge in [-0.05, 0) is 32.6 Å². The fraction of sp³-hybridized carbons (Fsp3) is 0.889. The Balaban J connectivity index is 3.69. The smallest absolute Gasteiger partial charge is 0.312 e. The molecule has 13 heavy (non-hydrogen) atoms.